The minimum atomic E-state index is 0.000603. The van der Waals surface area contributed by atoms with Crippen LogP contribution in [0.2, 0.25) is 0 Å². The Bertz CT molecular complexity index is 445. The van der Waals surface area contributed by atoms with E-state index in [0.29, 0.717) is 10.7 Å². The van der Waals surface area contributed by atoms with E-state index in [4.69, 9.17) is 5.73 Å². The van der Waals surface area contributed by atoms with E-state index < -0.39 is 0 Å². The van der Waals surface area contributed by atoms with E-state index >= 15 is 0 Å². The van der Waals surface area contributed by atoms with Crippen molar-refractivity contribution in [3.63, 3.8) is 0 Å². The molecule has 5 nitrogen and oxygen atoms in total. The van der Waals surface area contributed by atoms with Crippen LogP contribution >= 0.6 is 11.3 Å². The zero-order chi connectivity index (χ0) is 15.8. The van der Waals surface area contributed by atoms with Gasteiger partial charge in [0.2, 0.25) is 0 Å². The van der Waals surface area contributed by atoms with Crippen molar-refractivity contribution >= 4 is 28.2 Å². The third kappa shape index (κ3) is 5.19. The van der Waals surface area contributed by atoms with Gasteiger partial charge in [-0.25, -0.2) is 4.98 Å². The normalized spacial score (nSPS) is 10.9. The third-order valence-corrected chi connectivity index (χ3v) is 4.28. The molecule has 120 valence electrons. The van der Waals surface area contributed by atoms with Crippen molar-refractivity contribution < 1.29 is 4.79 Å². The molecule has 1 aromatic rings. The highest BCUT2D eigenvalue weighted by Crippen LogP contribution is 2.27. The van der Waals surface area contributed by atoms with Crippen molar-refractivity contribution in [2.75, 3.05) is 24.1 Å². The van der Waals surface area contributed by atoms with Gasteiger partial charge in [0, 0.05) is 19.1 Å². The summed E-state index contributed by atoms with van der Waals surface area (Å²) in [5, 5.41) is 3.92. The predicted octanol–water partition coefficient (Wildman–Crippen LogP) is 3.59. The van der Waals surface area contributed by atoms with Crippen molar-refractivity contribution in [3.05, 3.63) is 4.88 Å². The van der Waals surface area contributed by atoms with Crippen molar-refractivity contribution in [2.24, 2.45) is 0 Å². The van der Waals surface area contributed by atoms with Gasteiger partial charge in [-0.1, -0.05) is 38.0 Å². The summed E-state index contributed by atoms with van der Waals surface area (Å²) in [6.45, 7) is 9.94. The van der Waals surface area contributed by atoms with Crippen LogP contribution < -0.4 is 11.1 Å². The molecule has 0 radical (unpaired) electrons. The van der Waals surface area contributed by atoms with Crippen LogP contribution in [-0.2, 0) is 0 Å². The first kappa shape index (κ1) is 17.8. The van der Waals surface area contributed by atoms with Crippen molar-refractivity contribution in [3.8, 4) is 0 Å². The van der Waals surface area contributed by atoms with Crippen LogP contribution in [0.4, 0.5) is 10.9 Å². The molecule has 3 N–H and O–H groups in total. The molecule has 0 aromatic carbocycles. The zero-order valence-electron chi connectivity index (χ0n) is 13.6. The van der Waals surface area contributed by atoms with Crippen molar-refractivity contribution in [2.45, 2.75) is 59.4 Å². The Hall–Kier alpha value is -1.30. The quantitative estimate of drug-likeness (QED) is 0.684. The number of nitrogens with zero attached hydrogens (tertiary/aromatic N) is 2. The fourth-order valence-electron chi connectivity index (χ4n) is 2.05. The van der Waals surface area contributed by atoms with E-state index in [1.165, 1.54) is 11.3 Å². The molecular weight excluding hydrogens is 284 g/mol. The lowest BCUT2D eigenvalue weighted by atomic mass is 10.2. The van der Waals surface area contributed by atoms with Gasteiger partial charge < -0.3 is 16.0 Å². The fourth-order valence-corrected chi connectivity index (χ4v) is 2.92. The molecule has 0 saturated carbocycles. The summed E-state index contributed by atoms with van der Waals surface area (Å²) in [5.74, 6) is 0.338. The molecule has 1 rings (SSSR count). The third-order valence-electron chi connectivity index (χ3n) is 3.26. The zero-order valence-corrected chi connectivity index (χ0v) is 14.4. The number of hydrogen-bond donors (Lipinski definition) is 2. The Morgan fingerprint density at radius 2 is 2.05 bits per heavy atom. The predicted molar refractivity (Wildman–Crippen MR) is 91.0 cm³/mol. The second-order valence-corrected chi connectivity index (χ2v) is 6.46. The molecule has 0 aliphatic carbocycles. The number of carbonyl (C=O) groups is 1. The van der Waals surface area contributed by atoms with Gasteiger partial charge in [0.1, 0.15) is 10.7 Å². The molecular formula is C15H28N4OS. The summed E-state index contributed by atoms with van der Waals surface area (Å²) in [6.07, 6.45) is 4.32. The lowest BCUT2D eigenvalue weighted by Gasteiger charge is -2.26. The van der Waals surface area contributed by atoms with Crippen LogP contribution in [0.1, 0.15) is 63.0 Å². The van der Waals surface area contributed by atoms with Gasteiger partial charge in [0.05, 0.1) is 0 Å². The van der Waals surface area contributed by atoms with Crippen LogP contribution in [0.5, 0.6) is 0 Å². The summed E-state index contributed by atoms with van der Waals surface area (Å²) in [6, 6.07) is 0.169. The topological polar surface area (TPSA) is 71.2 Å². The molecule has 1 heterocycles. The Morgan fingerprint density at radius 1 is 1.33 bits per heavy atom. The molecule has 1 aromatic heterocycles. The highest BCUT2D eigenvalue weighted by molar-refractivity contribution is 7.18. The maximum atomic E-state index is 12.7. The number of rotatable bonds is 9. The Kier molecular flexibility index (Phi) is 7.50. The average Bonchev–Trinajstić information content (AvgIpc) is 2.81. The highest BCUT2D eigenvalue weighted by atomic mass is 32.1. The van der Waals surface area contributed by atoms with Crippen LogP contribution in [0.15, 0.2) is 0 Å². The van der Waals surface area contributed by atoms with E-state index in [9.17, 15) is 4.79 Å². The van der Waals surface area contributed by atoms with E-state index in [1.54, 1.807) is 0 Å². The molecule has 1 amide bonds. The van der Waals surface area contributed by atoms with E-state index in [2.05, 4.69) is 24.1 Å². The minimum absolute atomic E-state index is 0.000603. The number of aromatic nitrogens is 1. The number of hydrogen-bond acceptors (Lipinski definition) is 5. The van der Waals surface area contributed by atoms with Gasteiger partial charge in [0.15, 0.2) is 5.13 Å². The average molecular weight is 312 g/mol. The lowest BCUT2D eigenvalue weighted by Crippen LogP contribution is -2.37. The van der Waals surface area contributed by atoms with Crippen molar-refractivity contribution in [1.29, 1.82) is 0 Å². The van der Waals surface area contributed by atoms with Gasteiger partial charge in [-0.05, 0) is 26.7 Å². The number of carbonyl (C=O) groups excluding carboxylic acids is 1. The maximum absolute atomic E-state index is 12.7. The number of nitrogens with two attached hydrogens (primary N) is 1. The van der Waals surface area contributed by atoms with Gasteiger partial charge in [-0.2, -0.15) is 0 Å². The van der Waals surface area contributed by atoms with Crippen LogP contribution in [0, 0.1) is 0 Å². The minimum Gasteiger partial charge on any atom is -0.382 e. The van der Waals surface area contributed by atoms with Crippen LogP contribution in [0.3, 0.4) is 0 Å². The largest absolute Gasteiger partial charge is 0.382 e. The molecule has 0 saturated heterocycles. The van der Waals surface area contributed by atoms with E-state index in [-0.39, 0.29) is 11.9 Å². The second-order valence-electron chi connectivity index (χ2n) is 5.46. The number of nitrogen functional groups attached to an aromatic ring is 1. The van der Waals surface area contributed by atoms with Crippen molar-refractivity contribution in [1.82, 2.24) is 9.88 Å². The van der Waals surface area contributed by atoms with Gasteiger partial charge in [-0.3, -0.25) is 4.79 Å². The molecule has 0 spiro atoms. The van der Waals surface area contributed by atoms with Gasteiger partial charge in [-0.15, -0.1) is 0 Å². The SMILES string of the molecule is CCCCCN(C(=O)c1sc(NCCC)nc1N)C(C)C. The van der Waals surface area contributed by atoms with Crippen LogP contribution in [0.25, 0.3) is 0 Å². The summed E-state index contributed by atoms with van der Waals surface area (Å²) < 4.78 is 0. The summed E-state index contributed by atoms with van der Waals surface area (Å²) >= 11 is 1.35. The Balaban J connectivity index is 2.80. The smallest absolute Gasteiger partial charge is 0.268 e. The summed E-state index contributed by atoms with van der Waals surface area (Å²) in [5.41, 5.74) is 5.92. The number of thiazole rings is 1. The Labute approximate surface area is 131 Å². The van der Waals surface area contributed by atoms with E-state index in [1.807, 2.05) is 18.7 Å². The Morgan fingerprint density at radius 3 is 2.62 bits per heavy atom. The number of unbranched alkanes of at least 4 members (excludes halogenated alkanes) is 2. The van der Waals surface area contributed by atoms with Gasteiger partial charge in [0.25, 0.3) is 5.91 Å². The number of amides is 1. The first-order valence-corrected chi connectivity index (χ1v) is 8.64. The standard InChI is InChI=1S/C15H28N4OS/c1-5-7-8-10-19(11(3)4)14(20)12-13(16)18-15(21-12)17-9-6-2/h11H,5-10,16H2,1-4H3,(H,17,18). The lowest BCUT2D eigenvalue weighted by molar-refractivity contribution is 0.0708. The number of anilines is 2. The highest BCUT2D eigenvalue weighted by Gasteiger charge is 2.23. The van der Waals surface area contributed by atoms with Crippen LogP contribution in [-0.4, -0.2) is 34.9 Å². The first-order chi connectivity index (χ1) is 10.0. The molecule has 0 aliphatic heterocycles. The first-order valence-electron chi connectivity index (χ1n) is 7.82. The summed E-state index contributed by atoms with van der Waals surface area (Å²) in [4.78, 5) is 19.4. The molecule has 0 aliphatic rings. The molecule has 0 atom stereocenters. The molecule has 0 fully saturated rings. The molecule has 0 unspecified atom stereocenters. The second kappa shape index (κ2) is 8.87. The molecule has 0 bridgehead atoms. The maximum Gasteiger partial charge on any atom is 0.268 e. The molecule has 21 heavy (non-hydrogen) atoms. The summed E-state index contributed by atoms with van der Waals surface area (Å²) in [7, 11) is 0. The van der Waals surface area contributed by atoms with E-state index in [0.717, 1.165) is 43.9 Å². The van der Waals surface area contributed by atoms with Gasteiger partial charge >= 0.3 is 0 Å². The molecule has 6 heteroatoms. The fraction of sp³-hybridized carbons (Fsp3) is 0.733. The monoisotopic (exact) mass is 312 g/mol. The number of nitrogens with one attached hydrogen (secondary N) is 1.